The van der Waals surface area contributed by atoms with Crippen LogP contribution in [0.3, 0.4) is 0 Å². The van der Waals surface area contributed by atoms with Crippen LogP contribution in [0.15, 0.2) is 0 Å². The Morgan fingerprint density at radius 1 is 1.35 bits per heavy atom. The Labute approximate surface area is 104 Å². The number of carbonyl (C=O) groups is 1. The van der Waals surface area contributed by atoms with Gasteiger partial charge in [0.05, 0.1) is 11.7 Å². The highest BCUT2D eigenvalue weighted by atomic mass is 32.2. The first-order chi connectivity index (χ1) is 7.76. The quantitative estimate of drug-likeness (QED) is 0.626. The van der Waals surface area contributed by atoms with Gasteiger partial charge in [0.2, 0.25) is 0 Å². The van der Waals surface area contributed by atoms with E-state index in [1.54, 1.807) is 0 Å². The third-order valence-corrected chi connectivity index (χ3v) is 3.54. The Hall–Kier alpha value is -0.620. The molecule has 0 spiro atoms. The molecule has 0 amide bonds. The second kappa shape index (κ2) is 7.66. The molecular formula is C11H23NO4S. The van der Waals surface area contributed by atoms with Crippen LogP contribution in [-0.2, 0) is 14.6 Å². The number of nitrogens with zero attached hydrogens (tertiary/aromatic N) is 1. The van der Waals surface area contributed by atoms with Crippen molar-refractivity contribution in [2.24, 2.45) is 5.92 Å². The molecule has 0 bridgehead atoms. The van der Waals surface area contributed by atoms with Crippen LogP contribution in [-0.4, -0.2) is 56.5 Å². The summed E-state index contributed by atoms with van der Waals surface area (Å²) in [6, 6.07) is 0. The Morgan fingerprint density at radius 2 is 1.94 bits per heavy atom. The summed E-state index contributed by atoms with van der Waals surface area (Å²) < 4.78 is 22.2. The molecule has 1 unspecified atom stereocenters. The number of aliphatic carboxylic acids is 1. The zero-order valence-electron chi connectivity index (χ0n) is 10.8. The highest BCUT2D eigenvalue weighted by Gasteiger charge is 2.23. The largest absolute Gasteiger partial charge is 0.481 e. The fraction of sp³-hybridized carbons (Fsp3) is 0.909. The molecule has 0 rings (SSSR count). The van der Waals surface area contributed by atoms with Gasteiger partial charge in [-0.3, -0.25) is 4.79 Å². The van der Waals surface area contributed by atoms with Crippen LogP contribution in [0.1, 0.15) is 26.2 Å². The minimum absolute atomic E-state index is 0.284. The molecule has 0 aliphatic rings. The van der Waals surface area contributed by atoms with Crippen molar-refractivity contribution in [2.75, 3.05) is 32.1 Å². The Morgan fingerprint density at radius 3 is 2.35 bits per heavy atom. The summed E-state index contributed by atoms with van der Waals surface area (Å²) in [5.41, 5.74) is 0. The normalized spacial score (nSPS) is 13.9. The Bertz CT molecular complexity index is 326. The highest BCUT2D eigenvalue weighted by molar-refractivity contribution is 7.90. The first kappa shape index (κ1) is 16.4. The van der Waals surface area contributed by atoms with E-state index in [0.717, 1.165) is 32.1 Å². The summed E-state index contributed by atoms with van der Waals surface area (Å²) >= 11 is 0. The van der Waals surface area contributed by atoms with Crippen LogP contribution < -0.4 is 0 Å². The molecular weight excluding hydrogens is 242 g/mol. The molecule has 0 saturated heterocycles. The lowest BCUT2D eigenvalue weighted by Crippen LogP contribution is -2.35. The minimum Gasteiger partial charge on any atom is -0.481 e. The molecule has 0 aromatic rings. The van der Waals surface area contributed by atoms with E-state index >= 15 is 0 Å². The zero-order valence-corrected chi connectivity index (χ0v) is 11.7. The van der Waals surface area contributed by atoms with Crippen molar-refractivity contribution in [1.82, 2.24) is 4.90 Å². The van der Waals surface area contributed by atoms with Gasteiger partial charge in [0.1, 0.15) is 9.84 Å². The van der Waals surface area contributed by atoms with E-state index in [1.165, 1.54) is 0 Å². The van der Waals surface area contributed by atoms with Gasteiger partial charge in [0.15, 0.2) is 0 Å². The van der Waals surface area contributed by atoms with Gasteiger partial charge in [-0.25, -0.2) is 8.42 Å². The molecule has 17 heavy (non-hydrogen) atoms. The lowest BCUT2D eigenvalue weighted by molar-refractivity contribution is -0.141. The Balaban J connectivity index is 4.21. The van der Waals surface area contributed by atoms with Gasteiger partial charge in [-0.1, -0.05) is 19.8 Å². The number of sulfone groups is 1. The molecule has 0 fully saturated rings. The lowest BCUT2D eigenvalue weighted by atomic mass is 10.1. The van der Waals surface area contributed by atoms with Crippen molar-refractivity contribution in [3.63, 3.8) is 0 Å². The fourth-order valence-electron chi connectivity index (χ4n) is 1.67. The van der Waals surface area contributed by atoms with Crippen molar-refractivity contribution >= 4 is 15.8 Å². The number of carboxylic acids is 1. The third kappa shape index (κ3) is 9.12. The molecule has 6 heteroatoms. The fourth-order valence-corrected chi connectivity index (χ4v) is 2.65. The maximum Gasteiger partial charge on any atom is 0.308 e. The van der Waals surface area contributed by atoms with Gasteiger partial charge in [0.25, 0.3) is 0 Å². The SMILES string of the molecule is CCCCCN(C)CC(CS(C)(=O)=O)C(=O)O. The van der Waals surface area contributed by atoms with E-state index in [9.17, 15) is 13.2 Å². The number of unbranched alkanes of at least 4 members (excludes halogenated alkanes) is 2. The average molecular weight is 265 g/mol. The first-order valence-corrected chi connectivity index (χ1v) is 7.91. The maximum absolute atomic E-state index is 11.1. The number of carboxylic acid groups (broad SMARTS) is 1. The Kier molecular flexibility index (Phi) is 7.38. The standard InChI is InChI=1S/C11H23NO4S/c1-4-5-6-7-12(2)8-10(11(13)14)9-17(3,15)16/h10H,4-9H2,1-3H3,(H,13,14). The molecule has 0 aromatic heterocycles. The van der Waals surface area contributed by atoms with Gasteiger partial charge >= 0.3 is 5.97 Å². The van der Waals surface area contributed by atoms with E-state index in [1.807, 2.05) is 11.9 Å². The molecule has 0 heterocycles. The van der Waals surface area contributed by atoms with Gasteiger partial charge < -0.3 is 10.0 Å². The molecule has 102 valence electrons. The lowest BCUT2D eigenvalue weighted by Gasteiger charge is -2.20. The molecule has 1 atom stereocenters. The van der Waals surface area contributed by atoms with Crippen molar-refractivity contribution in [1.29, 1.82) is 0 Å². The van der Waals surface area contributed by atoms with E-state index in [2.05, 4.69) is 6.92 Å². The van der Waals surface area contributed by atoms with Crippen LogP contribution in [0, 0.1) is 5.92 Å². The van der Waals surface area contributed by atoms with Crippen LogP contribution in [0.4, 0.5) is 0 Å². The number of hydrogen-bond acceptors (Lipinski definition) is 4. The number of rotatable bonds is 9. The highest BCUT2D eigenvalue weighted by Crippen LogP contribution is 2.05. The predicted octanol–water partition coefficient (Wildman–Crippen LogP) is 0.854. The summed E-state index contributed by atoms with van der Waals surface area (Å²) in [5.74, 6) is -2.17. The van der Waals surface area contributed by atoms with Gasteiger partial charge in [-0.15, -0.1) is 0 Å². The molecule has 0 aromatic carbocycles. The zero-order chi connectivity index (χ0) is 13.5. The second-order valence-corrected chi connectivity index (χ2v) is 6.78. The summed E-state index contributed by atoms with van der Waals surface area (Å²) in [7, 11) is -1.42. The monoisotopic (exact) mass is 265 g/mol. The average Bonchev–Trinajstić information content (AvgIpc) is 2.15. The summed E-state index contributed by atoms with van der Waals surface area (Å²) in [5, 5.41) is 8.97. The topological polar surface area (TPSA) is 74.7 Å². The molecule has 1 N–H and O–H groups in total. The number of hydrogen-bond donors (Lipinski definition) is 1. The van der Waals surface area contributed by atoms with Crippen molar-refractivity contribution in [3.05, 3.63) is 0 Å². The van der Waals surface area contributed by atoms with Gasteiger partial charge in [-0.05, 0) is 20.0 Å². The van der Waals surface area contributed by atoms with Crippen molar-refractivity contribution < 1.29 is 18.3 Å². The molecule has 5 nitrogen and oxygen atoms in total. The summed E-state index contributed by atoms with van der Waals surface area (Å²) in [6.07, 6.45) is 4.30. The molecule has 0 saturated carbocycles. The maximum atomic E-state index is 11.1. The first-order valence-electron chi connectivity index (χ1n) is 5.85. The van der Waals surface area contributed by atoms with Gasteiger partial charge in [0, 0.05) is 12.8 Å². The van der Waals surface area contributed by atoms with Crippen LogP contribution in [0.2, 0.25) is 0 Å². The molecule has 0 aliphatic heterocycles. The van der Waals surface area contributed by atoms with E-state index in [4.69, 9.17) is 5.11 Å². The minimum atomic E-state index is -3.25. The van der Waals surface area contributed by atoms with Crippen LogP contribution >= 0.6 is 0 Å². The summed E-state index contributed by atoms with van der Waals surface area (Å²) in [4.78, 5) is 12.8. The molecule has 0 aliphatic carbocycles. The predicted molar refractivity (Wildman–Crippen MR) is 67.9 cm³/mol. The van der Waals surface area contributed by atoms with E-state index in [0.29, 0.717) is 0 Å². The van der Waals surface area contributed by atoms with Crippen LogP contribution in [0.5, 0.6) is 0 Å². The van der Waals surface area contributed by atoms with E-state index < -0.39 is 21.7 Å². The van der Waals surface area contributed by atoms with E-state index in [-0.39, 0.29) is 12.3 Å². The smallest absolute Gasteiger partial charge is 0.308 e. The van der Waals surface area contributed by atoms with Crippen molar-refractivity contribution in [2.45, 2.75) is 26.2 Å². The molecule has 0 radical (unpaired) electrons. The third-order valence-electron chi connectivity index (χ3n) is 2.53. The van der Waals surface area contributed by atoms with Gasteiger partial charge in [-0.2, -0.15) is 0 Å². The second-order valence-electron chi connectivity index (χ2n) is 4.60. The van der Waals surface area contributed by atoms with Crippen LogP contribution in [0.25, 0.3) is 0 Å². The summed E-state index contributed by atoms with van der Waals surface area (Å²) in [6.45, 7) is 3.19. The van der Waals surface area contributed by atoms with Crippen molar-refractivity contribution in [3.8, 4) is 0 Å².